The van der Waals surface area contributed by atoms with Gasteiger partial charge in [0.15, 0.2) is 0 Å². The van der Waals surface area contributed by atoms with Crippen molar-refractivity contribution in [2.45, 2.75) is 31.3 Å². The highest BCUT2D eigenvalue weighted by atomic mass is 19.4. The van der Waals surface area contributed by atoms with Gasteiger partial charge in [0.2, 0.25) is 0 Å². The number of aliphatic hydroxyl groups is 1. The minimum absolute atomic E-state index is 0.0828. The van der Waals surface area contributed by atoms with E-state index >= 15 is 0 Å². The van der Waals surface area contributed by atoms with E-state index in [1.54, 1.807) is 12.1 Å². The maximum atomic E-state index is 12.5. The largest absolute Gasteiger partial charge is 0.394 e. The van der Waals surface area contributed by atoms with E-state index in [4.69, 9.17) is 4.74 Å². The van der Waals surface area contributed by atoms with Gasteiger partial charge in [0, 0.05) is 13.1 Å². The first kappa shape index (κ1) is 18.9. The van der Waals surface area contributed by atoms with Crippen LogP contribution in [0.4, 0.5) is 13.2 Å². The van der Waals surface area contributed by atoms with Gasteiger partial charge in [0.1, 0.15) is 6.10 Å². The molecule has 3 nitrogen and oxygen atoms in total. The van der Waals surface area contributed by atoms with E-state index in [1.807, 2.05) is 30.3 Å². The molecule has 0 spiro atoms. The molecular formula is C20H22F3NO2. The van der Waals surface area contributed by atoms with E-state index in [1.165, 1.54) is 12.1 Å². The molecule has 1 fully saturated rings. The maximum absolute atomic E-state index is 12.5. The molecule has 0 aromatic heterocycles. The zero-order valence-corrected chi connectivity index (χ0v) is 14.3. The van der Waals surface area contributed by atoms with Crippen molar-refractivity contribution in [3.8, 4) is 0 Å². The fraction of sp³-hybridized carbons (Fsp3) is 0.400. The Kier molecular flexibility index (Phi) is 5.96. The molecule has 140 valence electrons. The third-order valence-electron chi connectivity index (χ3n) is 4.59. The van der Waals surface area contributed by atoms with Crippen LogP contribution >= 0.6 is 0 Å². The zero-order valence-electron chi connectivity index (χ0n) is 14.3. The molecule has 2 aromatic carbocycles. The van der Waals surface area contributed by atoms with E-state index in [9.17, 15) is 18.3 Å². The quantitative estimate of drug-likeness (QED) is 0.877. The zero-order chi connectivity index (χ0) is 18.6. The molecule has 0 aliphatic carbocycles. The summed E-state index contributed by atoms with van der Waals surface area (Å²) in [5.74, 6) is 0. The molecule has 2 aromatic rings. The van der Waals surface area contributed by atoms with E-state index < -0.39 is 12.6 Å². The lowest BCUT2D eigenvalue weighted by Gasteiger charge is -2.41. The molecule has 1 aliphatic rings. The highest BCUT2D eigenvalue weighted by Crippen LogP contribution is 2.31. The van der Waals surface area contributed by atoms with Gasteiger partial charge < -0.3 is 9.84 Å². The van der Waals surface area contributed by atoms with Crippen LogP contribution < -0.4 is 0 Å². The summed E-state index contributed by atoms with van der Waals surface area (Å²) < 4.78 is 43.2. The van der Waals surface area contributed by atoms with Crippen molar-refractivity contribution in [3.05, 3.63) is 71.3 Å². The van der Waals surface area contributed by atoms with Gasteiger partial charge in [0.05, 0.1) is 25.7 Å². The standard InChI is InChI=1S/C20H22F3NO2/c21-20(22,23)12-15-6-8-16(9-7-15)13-24-10-11-26-18(14-25)19(24)17-4-2-1-3-5-17/h1-9,18-19,25H,10-14H2/t18-,19-/m0/s1. The van der Waals surface area contributed by atoms with Gasteiger partial charge in [-0.1, -0.05) is 54.6 Å². The van der Waals surface area contributed by atoms with E-state index in [0.29, 0.717) is 19.7 Å². The van der Waals surface area contributed by atoms with Gasteiger partial charge in [0.25, 0.3) is 0 Å². The van der Waals surface area contributed by atoms with Gasteiger partial charge in [-0.3, -0.25) is 4.90 Å². The summed E-state index contributed by atoms with van der Waals surface area (Å²) in [6, 6.07) is 16.3. The summed E-state index contributed by atoms with van der Waals surface area (Å²) in [7, 11) is 0. The lowest BCUT2D eigenvalue weighted by Crippen LogP contribution is -2.46. The van der Waals surface area contributed by atoms with E-state index in [2.05, 4.69) is 4.90 Å². The van der Waals surface area contributed by atoms with Crippen molar-refractivity contribution >= 4 is 0 Å². The second-order valence-electron chi connectivity index (χ2n) is 6.53. The number of aliphatic hydroxyl groups excluding tert-OH is 1. The molecular weight excluding hydrogens is 343 g/mol. The van der Waals surface area contributed by atoms with Gasteiger partial charge in [-0.15, -0.1) is 0 Å². The first-order valence-corrected chi connectivity index (χ1v) is 8.62. The molecule has 0 saturated carbocycles. The lowest BCUT2D eigenvalue weighted by molar-refractivity contribution is -0.127. The minimum Gasteiger partial charge on any atom is -0.394 e. The number of hydrogen-bond acceptors (Lipinski definition) is 3. The molecule has 26 heavy (non-hydrogen) atoms. The van der Waals surface area contributed by atoms with E-state index in [0.717, 1.165) is 11.1 Å². The van der Waals surface area contributed by atoms with Crippen molar-refractivity contribution in [1.29, 1.82) is 0 Å². The summed E-state index contributed by atoms with van der Waals surface area (Å²) in [6.07, 6.45) is -5.43. The third-order valence-corrected chi connectivity index (χ3v) is 4.59. The normalized spacial score (nSPS) is 21.7. The van der Waals surface area contributed by atoms with Crippen LogP contribution in [0, 0.1) is 0 Å². The minimum atomic E-state index is -4.20. The number of ether oxygens (including phenoxy) is 1. The van der Waals surface area contributed by atoms with Crippen molar-refractivity contribution < 1.29 is 23.0 Å². The second-order valence-corrected chi connectivity index (χ2v) is 6.53. The summed E-state index contributed by atoms with van der Waals surface area (Å²) in [6.45, 7) is 1.72. The average Bonchev–Trinajstić information content (AvgIpc) is 2.62. The Morgan fingerprint density at radius 1 is 1.00 bits per heavy atom. The maximum Gasteiger partial charge on any atom is 0.393 e. The van der Waals surface area contributed by atoms with Crippen LogP contribution in [0.5, 0.6) is 0 Å². The Hall–Kier alpha value is -1.89. The SMILES string of the molecule is OC[C@@H]1OCCN(Cc2ccc(CC(F)(F)F)cc2)[C@H]1c1ccccc1. The van der Waals surface area contributed by atoms with Crippen LogP contribution in [0.1, 0.15) is 22.7 Å². The molecule has 0 amide bonds. The number of nitrogens with zero attached hydrogens (tertiary/aromatic N) is 1. The summed E-state index contributed by atoms with van der Waals surface area (Å²) >= 11 is 0. The van der Waals surface area contributed by atoms with Gasteiger partial charge in [-0.25, -0.2) is 0 Å². The summed E-state index contributed by atoms with van der Waals surface area (Å²) in [5.41, 5.74) is 2.26. The predicted octanol–water partition coefficient (Wildman–Crippen LogP) is 3.73. The fourth-order valence-corrected chi connectivity index (χ4v) is 3.42. The first-order chi connectivity index (χ1) is 12.5. The number of benzene rings is 2. The molecule has 0 bridgehead atoms. The molecule has 1 saturated heterocycles. The van der Waals surface area contributed by atoms with Crippen molar-refractivity contribution in [3.63, 3.8) is 0 Å². The van der Waals surface area contributed by atoms with E-state index in [-0.39, 0.29) is 24.3 Å². The highest BCUT2D eigenvalue weighted by Gasteiger charge is 2.33. The molecule has 2 atom stereocenters. The molecule has 1 N–H and O–H groups in total. The van der Waals surface area contributed by atoms with Crippen LogP contribution in [0.3, 0.4) is 0 Å². The van der Waals surface area contributed by atoms with Crippen molar-refractivity contribution in [1.82, 2.24) is 4.90 Å². The molecule has 1 heterocycles. The predicted molar refractivity (Wildman–Crippen MR) is 92.6 cm³/mol. The van der Waals surface area contributed by atoms with Crippen LogP contribution in [-0.2, 0) is 17.7 Å². The molecule has 1 aliphatic heterocycles. The molecule has 0 radical (unpaired) electrons. The monoisotopic (exact) mass is 365 g/mol. The second kappa shape index (κ2) is 8.20. The van der Waals surface area contributed by atoms with Crippen LogP contribution in [0.2, 0.25) is 0 Å². The Bertz CT molecular complexity index is 688. The van der Waals surface area contributed by atoms with Crippen molar-refractivity contribution in [2.75, 3.05) is 19.8 Å². The summed E-state index contributed by atoms with van der Waals surface area (Å²) in [5, 5.41) is 9.69. The van der Waals surface area contributed by atoms with Gasteiger partial charge >= 0.3 is 6.18 Å². The number of alkyl halides is 3. The number of rotatable bonds is 5. The van der Waals surface area contributed by atoms with Gasteiger partial charge in [-0.05, 0) is 16.7 Å². The van der Waals surface area contributed by atoms with Crippen LogP contribution in [0.15, 0.2) is 54.6 Å². The molecule has 3 rings (SSSR count). The molecule has 6 heteroatoms. The Morgan fingerprint density at radius 2 is 1.65 bits per heavy atom. The average molecular weight is 365 g/mol. The Labute approximate surface area is 151 Å². The smallest absolute Gasteiger partial charge is 0.393 e. The van der Waals surface area contributed by atoms with Gasteiger partial charge in [-0.2, -0.15) is 13.2 Å². The highest BCUT2D eigenvalue weighted by molar-refractivity contribution is 5.25. The van der Waals surface area contributed by atoms with Crippen LogP contribution in [-0.4, -0.2) is 42.0 Å². The fourth-order valence-electron chi connectivity index (χ4n) is 3.42. The molecule has 0 unspecified atom stereocenters. The Balaban J connectivity index is 1.76. The third kappa shape index (κ3) is 4.84. The van der Waals surface area contributed by atoms with Crippen LogP contribution in [0.25, 0.3) is 0 Å². The number of halogens is 3. The summed E-state index contributed by atoms with van der Waals surface area (Å²) in [4.78, 5) is 2.21. The number of hydrogen-bond donors (Lipinski definition) is 1. The topological polar surface area (TPSA) is 32.7 Å². The van der Waals surface area contributed by atoms with Crippen molar-refractivity contribution in [2.24, 2.45) is 0 Å². The Morgan fingerprint density at radius 3 is 2.27 bits per heavy atom. The lowest BCUT2D eigenvalue weighted by atomic mass is 9.97. The first-order valence-electron chi connectivity index (χ1n) is 8.62. The number of morpholine rings is 1.